The highest BCUT2D eigenvalue weighted by atomic mass is 16.5. The highest BCUT2D eigenvalue weighted by Crippen LogP contribution is 2.36. The molecule has 0 fully saturated rings. The van der Waals surface area contributed by atoms with Crippen molar-refractivity contribution in [2.45, 2.75) is 12.0 Å². The van der Waals surface area contributed by atoms with Crippen LogP contribution in [0.25, 0.3) is 0 Å². The van der Waals surface area contributed by atoms with Gasteiger partial charge in [0.1, 0.15) is 5.75 Å². The van der Waals surface area contributed by atoms with Gasteiger partial charge in [-0.25, -0.2) is 0 Å². The lowest BCUT2D eigenvalue weighted by atomic mass is 9.89. The minimum atomic E-state index is -0.883. The van der Waals surface area contributed by atoms with Crippen LogP contribution in [0.5, 0.6) is 5.75 Å². The Morgan fingerprint density at radius 1 is 0.857 bits per heavy atom. The third-order valence-corrected chi connectivity index (χ3v) is 4.87. The molecule has 4 rings (SSSR count). The molecule has 1 atom stereocenters. The number of nitrogens with two attached hydrogens (primary N) is 1. The minimum Gasteiger partial charge on any atom is -0.477 e. The molecule has 3 aromatic rings. The quantitative estimate of drug-likeness (QED) is 0.765. The number of primary amides is 1. The van der Waals surface area contributed by atoms with Gasteiger partial charge in [-0.3, -0.25) is 9.59 Å². The van der Waals surface area contributed by atoms with Crippen molar-refractivity contribution in [2.75, 3.05) is 11.4 Å². The molecule has 0 saturated heterocycles. The second-order valence-corrected chi connectivity index (χ2v) is 6.68. The number of rotatable bonds is 4. The zero-order valence-corrected chi connectivity index (χ0v) is 15.2. The summed E-state index contributed by atoms with van der Waals surface area (Å²) < 4.78 is 5.70. The molecule has 0 aromatic heterocycles. The maximum absolute atomic E-state index is 13.7. The predicted octanol–water partition coefficient (Wildman–Crippen LogP) is 3.10. The van der Waals surface area contributed by atoms with Crippen molar-refractivity contribution in [1.82, 2.24) is 0 Å². The van der Waals surface area contributed by atoms with Gasteiger partial charge >= 0.3 is 0 Å². The third-order valence-electron chi connectivity index (χ3n) is 4.87. The van der Waals surface area contributed by atoms with Crippen molar-refractivity contribution in [3.8, 4) is 5.75 Å². The fourth-order valence-electron chi connectivity index (χ4n) is 3.52. The largest absolute Gasteiger partial charge is 0.477 e. The van der Waals surface area contributed by atoms with Gasteiger partial charge in [-0.2, -0.15) is 0 Å². The Bertz CT molecular complexity index is 949. The van der Waals surface area contributed by atoms with E-state index in [2.05, 4.69) is 0 Å². The summed E-state index contributed by atoms with van der Waals surface area (Å²) >= 11 is 0. The Morgan fingerprint density at radius 2 is 1.39 bits per heavy atom. The molecular formula is C23H20N2O3. The van der Waals surface area contributed by atoms with Crippen LogP contribution in [-0.2, 0) is 9.59 Å². The first-order valence-corrected chi connectivity index (χ1v) is 9.11. The molecule has 1 unspecified atom stereocenters. The summed E-state index contributed by atoms with van der Waals surface area (Å²) in [4.78, 5) is 27.2. The Kier molecular flexibility index (Phi) is 4.81. The van der Waals surface area contributed by atoms with Crippen LogP contribution in [0.3, 0.4) is 0 Å². The summed E-state index contributed by atoms with van der Waals surface area (Å²) in [5.41, 5.74) is 7.90. The molecule has 5 heteroatoms. The molecule has 1 heterocycles. The van der Waals surface area contributed by atoms with Crippen LogP contribution in [-0.4, -0.2) is 24.5 Å². The Hall–Kier alpha value is -3.60. The van der Waals surface area contributed by atoms with E-state index in [1.54, 1.807) is 17.0 Å². The summed E-state index contributed by atoms with van der Waals surface area (Å²) in [6.07, 6.45) is -0.883. The van der Waals surface area contributed by atoms with Crippen LogP contribution in [0, 0.1) is 0 Å². The number of anilines is 1. The maximum atomic E-state index is 13.7. The van der Waals surface area contributed by atoms with Crippen LogP contribution in [0.4, 0.5) is 5.69 Å². The van der Waals surface area contributed by atoms with Gasteiger partial charge in [-0.05, 0) is 23.3 Å². The number of ether oxygens (including phenoxy) is 1. The summed E-state index contributed by atoms with van der Waals surface area (Å²) in [6, 6.07) is 26.5. The number of carbonyl (C=O) groups is 2. The first kappa shape index (κ1) is 17.8. The molecular weight excluding hydrogens is 352 g/mol. The number of amides is 2. The van der Waals surface area contributed by atoms with Crippen LogP contribution >= 0.6 is 0 Å². The Labute approximate surface area is 163 Å². The van der Waals surface area contributed by atoms with Gasteiger partial charge in [0.2, 0.25) is 5.91 Å². The van der Waals surface area contributed by atoms with Crippen molar-refractivity contribution in [2.24, 2.45) is 5.73 Å². The van der Waals surface area contributed by atoms with Crippen LogP contribution in [0.1, 0.15) is 17.0 Å². The smallest absolute Gasteiger partial charge is 0.260 e. The second-order valence-electron chi connectivity index (χ2n) is 6.68. The summed E-state index contributed by atoms with van der Waals surface area (Å²) in [7, 11) is 0. The van der Waals surface area contributed by atoms with Crippen molar-refractivity contribution in [3.63, 3.8) is 0 Å². The molecule has 0 radical (unpaired) electrons. The van der Waals surface area contributed by atoms with Gasteiger partial charge in [0.15, 0.2) is 6.10 Å². The fraction of sp³-hybridized carbons (Fsp3) is 0.130. The molecule has 3 aromatic carbocycles. The zero-order valence-electron chi connectivity index (χ0n) is 15.2. The molecule has 0 saturated carbocycles. The summed E-state index contributed by atoms with van der Waals surface area (Å²) in [6.45, 7) is 0.0847. The number of carbonyl (C=O) groups excluding carboxylic acids is 2. The highest BCUT2D eigenvalue weighted by molar-refractivity contribution is 6.02. The molecule has 140 valence electrons. The lowest BCUT2D eigenvalue weighted by Crippen LogP contribution is -2.50. The molecule has 1 aliphatic rings. The number of nitrogens with zero attached hydrogens (tertiary/aromatic N) is 1. The van der Waals surface area contributed by atoms with Crippen molar-refractivity contribution in [3.05, 3.63) is 96.1 Å². The van der Waals surface area contributed by atoms with E-state index in [-0.39, 0.29) is 12.5 Å². The molecule has 1 aliphatic heterocycles. The summed E-state index contributed by atoms with van der Waals surface area (Å²) in [5.74, 6) is -0.740. The monoisotopic (exact) mass is 372 g/mol. The standard InChI is InChI=1S/C23H20N2O3/c24-22(26)20-15-25(18-13-7-8-14-19(18)28-20)23(27)21(16-9-3-1-4-10-16)17-11-5-2-6-12-17/h1-14,20-21H,15H2,(H2,24,26). The van der Waals surface area contributed by atoms with E-state index in [9.17, 15) is 9.59 Å². The van der Waals surface area contributed by atoms with Gasteiger partial charge in [-0.1, -0.05) is 72.8 Å². The van der Waals surface area contributed by atoms with E-state index in [0.29, 0.717) is 11.4 Å². The second kappa shape index (κ2) is 7.56. The number of fused-ring (bicyclic) bond motifs is 1. The zero-order chi connectivity index (χ0) is 19.5. The van der Waals surface area contributed by atoms with Gasteiger partial charge in [0.05, 0.1) is 18.2 Å². The topological polar surface area (TPSA) is 72.6 Å². The van der Waals surface area contributed by atoms with E-state index in [4.69, 9.17) is 10.5 Å². The fourth-order valence-corrected chi connectivity index (χ4v) is 3.52. The van der Waals surface area contributed by atoms with Crippen LogP contribution in [0.2, 0.25) is 0 Å². The lowest BCUT2D eigenvalue weighted by Gasteiger charge is -2.35. The molecule has 28 heavy (non-hydrogen) atoms. The van der Waals surface area contributed by atoms with E-state index < -0.39 is 17.9 Å². The van der Waals surface area contributed by atoms with Crippen molar-refractivity contribution >= 4 is 17.5 Å². The van der Waals surface area contributed by atoms with Gasteiger partial charge in [0.25, 0.3) is 5.91 Å². The Morgan fingerprint density at radius 3 is 1.96 bits per heavy atom. The van der Waals surface area contributed by atoms with Gasteiger partial charge < -0.3 is 15.4 Å². The number of benzene rings is 3. The average molecular weight is 372 g/mol. The maximum Gasteiger partial charge on any atom is 0.260 e. The molecule has 0 spiro atoms. The minimum absolute atomic E-state index is 0.0847. The lowest BCUT2D eigenvalue weighted by molar-refractivity contribution is -0.125. The van der Waals surface area contributed by atoms with E-state index in [0.717, 1.165) is 11.1 Å². The molecule has 2 amide bonds. The SMILES string of the molecule is NC(=O)C1CN(C(=O)C(c2ccccc2)c2ccccc2)c2ccccc2O1. The normalized spacial score (nSPS) is 15.6. The Balaban J connectivity index is 1.79. The first-order chi connectivity index (χ1) is 13.6. The van der Waals surface area contributed by atoms with E-state index in [1.165, 1.54) is 0 Å². The number of hydrogen-bond acceptors (Lipinski definition) is 3. The molecule has 0 bridgehead atoms. The number of hydrogen-bond donors (Lipinski definition) is 1. The van der Waals surface area contributed by atoms with Crippen molar-refractivity contribution < 1.29 is 14.3 Å². The highest BCUT2D eigenvalue weighted by Gasteiger charge is 2.36. The average Bonchev–Trinajstić information content (AvgIpc) is 2.74. The van der Waals surface area contributed by atoms with Crippen LogP contribution in [0.15, 0.2) is 84.9 Å². The third kappa shape index (κ3) is 3.34. The summed E-state index contributed by atoms with van der Waals surface area (Å²) in [5, 5.41) is 0. The van der Waals surface area contributed by atoms with Gasteiger partial charge in [-0.15, -0.1) is 0 Å². The van der Waals surface area contributed by atoms with Gasteiger partial charge in [0, 0.05) is 0 Å². The first-order valence-electron chi connectivity index (χ1n) is 9.11. The van der Waals surface area contributed by atoms with Crippen LogP contribution < -0.4 is 15.4 Å². The molecule has 5 nitrogen and oxygen atoms in total. The molecule has 0 aliphatic carbocycles. The predicted molar refractivity (Wildman–Crippen MR) is 107 cm³/mol. The van der Waals surface area contributed by atoms with Crippen molar-refractivity contribution in [1.29, 1.82) is 0 Å². The van der Waals surface area contributed by atoms with E-state index >= 15 is 0 Å². The molecule has 2 N–H and O–H groups in total. The van der Waals surface area contributed by atoms with E-state index in [1.807, 2.05) is 72.8 Å². The number of para-hydroxylation sites is 2.